The highest BCUT2D eigenvalue weighted by Crippen LogP contribution is 2.06. The molecule has 2 saturated heterocycles. The first kappa shape index (κ1) is 7.53. The summed E-state index contributed by atoms with van der Waals surface area (Å²) in [4.78, 5) is 7.50. The van der Waals surface area contributed by atoms with Crippen LogP contribution in [0.15, 0.2) is 0 Å². The lowest BCUT2D eigenvalue weighted by atomic mass is 10.4. The van der Waals surface area contributed by atoms with E-state index in [1.165, 1.54) is 45.9 Å². The molecule has 2 bridgehead atoms. The molecule has 0 saturated carbocycles. The fraction of sp³-hybridized carbons (Fsp3) is 1.00. The van der Waals surface area contributed by atoms with Crippen molar-refractivity contribution < 1.29 is 0 Å². The van der Waals surface area contributed by atoms with Crippen molar-refractivity contribution in [3.63, 3.8) is 0 Å². The summed E-state index contributed by atoms with van der Waals surface area (Å²) in [7, 11) is 2.22. The molecule has 0 radical (unpaired) electrons. The van der Waals surface area contributed by atoms with Gasteiger partial charge in [-0.1, -0.05) is 0 Å². The van der Waals surface area contributed by atoms with Gasteiger partial charge in [0.05, 0.1) is 6.67 Å². The molecule has 3 nitrogen and oxygen atoms in total. The molecule has 0 aromatic heterocycles. The number of nitrogens with zero attached hydrogens (tertiary/aromatic N) is 3. The van der Waals surface area contributed by atoms with Crippen LogP contribution in [0.4, 0.5) is 0 Å². The average Bonchev–Trinajstić information content (AvgIpc) is 2.43. The van der Waals surface area contributed by atoms with Gasteiger partial charge in [-0.2, -0.15) is 0 Å². The molecule has 64 valence electrons. The molecule has 0 aliphatic carbocycles. The molecular formula is C8H17N3. The molecule has 3 heteroatoms. The maximum absolute atomic E-state index is 2.54. The Hall–Kier alpha value is -0.120. The molecule has 2 aliphatic heterocycles. The SMILES string of the molecule is CN1CCN2CCN(CC1)C2. The summed E-state index contributed by atoms with van der Waals surface area (Å²) in [5, 5.41) is 0. The third-order valence-corrected chi connectivity index (χ3v) is 2.73. The zero-order valence-electron chi connectivity index (χ0n) is 7.29. The predicted octanol–water partition coefficient (Wildman–Crippen LogP) is -0.493. The van der Waals surface area contributed by atoms with Crippen molar-refractivity contribution >= 4 is 0 Å². The van der Waals surface area contributed by atoms with Gasteiger partial charge in [0.15, 0.2) is 0 Å². The van der Waals surface area contributed by atoms with Crippen LogP contribution >= 0.6 is 0 Å². The number of hydrogen-bond donors (Lipinski definition) is 0. The van der Waals surface area contributed by atoms with E-state index in [2.05, 4.69) is 21.7 Å². The van der Waals surface area contributed by atoms with Gasteiger partial charge in [-0.15, -0.1) is 0 Å². The lowest BCUT2D eigenvalue weighted by molar-refractivity contribution is 0.168. The highest BCUT2D eigenvalue weighted by Gasteiger charge is 2.21. The van der Waals surface area contributed by atoms with Crippen molar-refractivity contribution in [1.29, 1.82) is 0 Å². The van der Waals surface area contributed by atoms with E-state index in [9.17, 15) is 0 Å². The van der Waals surface area contributed by atoms with Gasteiger partial charge >= 0.3 is 0 Å². The Morgan fingerprint density at radius 3 is 1.73 bits per heavy atom. The molecule has 0 amide bonds. The summed E-state index contributed by atoms with van der Waals surface area (Å²) in [6.45, 7) is 8.79. The Morgan fingerprint density at radius 2 is 1.18 bits per heavy atom. The van der Waals surface area contributed by atoms with Crippen LogP contribution in [0.2, 0.25) is 0 Å². The van der Waals surface area contributed by atoms with Crippen molar-refractivity contribution in [3.8, 4) is 0 Å². The Bertz CT molecular complexity index is 123. The lowest BCUT2D eigenvalue weighted by Gasteiger charge is -2.26. The molecule has 0 aromatic rings. The molecule has 0 aromatic carbocycles. The fourth-order valence-electron chi connectivity index (χ4n) is 1.81. The molecule has 2 rings (SSSR count). The average molecular weight is 155 g/mol. The maximum atomic E-state index is 2.54. The molecule has 2 fully saturated rings. The van der Waals surface area contributed by atoms with Crippen molar-refractivity contribution in [1.82, 2.24) is 14.7 Å². The first-order chi connectivity index (χ1) is 5.34. The minimum atomic E-state index is 1.22. The third kappa shape index (κ3) is 1.72. The van der Waals surface area contributed by atoms with Crippen molar-refractivity contribution in [2.45, 2.75) is 0 Å². The highest BCUT2D eigenvalue weighted by atomic mass is 15.4. The van der Waals surface area contributed by atoms with Crippen LogP contribution in [0.5, 0.6) is 0 Å². The summed E-state index contributed by atoms with van der Waals surface area (Å²) >= 11 is 0. The Kier molecular flexibility index (Phi) is 2.11. The van der Waals surface area contributed by atoms with Crippen molar-refractivity contribution in [2.75, 3.05) is 53.0 Å². The van der Waals surface area contributed by atoms with Crippen LogP contribution in [-0.2, 0) is 0 Å². The first-order valence-electron chi connectivity index (χ1n) is 4.48. The van der Waals surface area contributed by atoms with E-state index in [0.717, 1.165) is 0 Å². The van der Waals surface area contributed by atoms with E-state index in [0.29, 0.717) is 0 Å². The summed E-state index contributed by atoms with van der Waals surface area (Å²) in [5.74, 6) is 0. The molecule has 11 heavy (non-hydrogen) atoms. The lowest BCUT2D eigenvalue weighted by Crippen LogP contribution is -2.40. The molecular weight excluding hydrogens is 138 g/mol. The smallest absolute Gasteiger partial charge is 0.0508 e. The zero-order chi connectivity index (χ0) is 7.68. The largest absolute Gasteiger partial charge is 0.304 e. The molecule has 0 spiro atoms. The quantitative estimate of drug-likeness (QED) is 0.467. The summed E-state index contributed by atoms with van der Waals surface area (Å²) in [6, 6.07) is 0. The monoisotopic (exact) mass is 155 g/mol. The standard InChI is InChI=1S/C8H17N3/c1-9-2-4-10-6-7-11(8-10)5-3-9/h2-8H2,1H3. The maximum Gasteiger partial charge on any atom is 0.0508 e. The molecule has 2 atom stereocenters. The van der Waals surface area contributed by atoms with E-state index in [-0.39, 0.29) is 0 Å². The van der Waals surface area contributed by atoms with E-state index in [1.807, 2.05) is 0 Å². The van der Waals surface area contributed by atoms with Crippen LogP contribution in [0.1, 0.15) is 0 Å². The molecule has 2 unspecified atom stereocenters. The topological polar surface area (TPSA) is 9.72 Å². The zero-order valence-corrected chi connectivity index (χ0v) is 7.29. The van der Waals surface area contributed by atoms with Gasteiger partial charge in [0, 0.05) is 39.3 Å². The van der Waals surface area contributed by atoms with Gasteiger partial charge < -0.3 is 4.90 Å². The minimum absolute atomic E-state index is 1.22. The second kappa shape index (κ2) is 3.09. The van der Waals surface area contributed by atoms with Gasteiger partial charge in [0.25, 0.3) is 0 Å². The Balaban J connectivity index is 1.93. The van der Waals surface area contributed by atoms with Crippen LogP contribution in [0, 0.1) is 0 Å². The molecule has 2 heterocycles. The van der Waals surface area contributed by atoms with Crippen LogP contribution in [0.25, 0.3) is 0 Å². The van der Waals surface area contributed by atoms with Gasteiger partial charge in [-0.05, 0) is 7.05 Å². The number of hydrogen-bond acceptors (Lipinski definition) is 3. The second-order valence-corrected chi connectivity index (χ2v) is 3.68. The number of likely N-dealkylation sites (N-methyl/N-ethyl adjacent to an activating group) is 1. The summed E-state index contributed by atoms with van der Waals surface area (Å²) < 4.78 is 0. The number of rotatable bonds is 0. The number of fused-ring (bicyclic) bond motifs is 2. The van der Waals surface area contributed by atoms with Crippen LogP contribution in [-0.4, -0.2) is 67.7 Å². The Morgan fingerprint density at radius 1 is 0.727 bits per heavy atom. The summed E-state index contributed by atoms with van der Waals surface area (Å²) in [6.07, 6.45) is 0. The Labute approximate surface area is 68.6 Å². The van der Waals surface area contributed by atoms with Gasteiger partial charge in [-0.3, -0.25) is 9.80 Å². The molecule has 2 aliphatic rings. The third-order valence-electron chi connectivity index (χ3n) is 2.73. The van der Waals surface area contributed by atoms with Gasteiger partial charge in [0.1, 0.15) is 0 Å². The van der Waals surface area contributed by atoms with Crippen molar-refractivity contribution in [2.24, 2.45) is 0 Å². The normalized spacial score (nSPS) is 40.1. The fourth-order valence-corrected chi connectivity index (χ4v) is 1.81. The van der Waals surface area contributed by atoms with Gasteiger partial charge in [-0.25, -0.2) is 0 Å². The summed E-state index contributed by atoms with van der Waals surface area (Å²) in [5.41, 5.74) is 0. The van der Waals surface area contributed by atoms with E-state index < -0.39 is 0 Å². The van der Waals surface area contributed by atoms with Gasteiger partial charge in [0.2, 0.25) is 0 Å². The van der Waals surface area contributed by atoms with E-state index in [4.69, 9.17) is 0 Å². The highest BCUT2D eigenvalue weighted by molar-refractivity contribution is 4.75. The molecule has 0 N–H and O–H groups in total. The van der Waals surface area contributed by atoms with Crippen molar-refractivity contribution in [3.05, 3.63) is 0 Å². The van der Waals surface area contributed by atoms with E-state index >= 15 is 0 Å². The van der Waals surface area contributed by atoms with Crippen LogP contribution in [0.3, 0.4) is 0 Å². The second-order valence-electron chi connectivity index (χ2n) is 3.68. The van der Waals surface area contributed by atoms with Crippen LogP contribution < -0.4 is 0 Å². The minimum Gasteiger partial charge on any atom is -0.304 e. The van der Waals surface area contributed by atoms with E-state index in [1.54, 1.807) is 0 Å². The first-order valence-corrected chi connectivity index (χ1v) is 4.48. The predicted molar refractivity (Wildman–Crippen MR) is 45.5 cm³/mol.